The van der Waals surface area contributed by atoms with Gasteiger partial charge in [-0.15, -0.1) is 0 Å². The number of benzene rings is 3. The number of hydrogen-bond acceptors (Lipinski definition) is 4. The molecule has 1 fully saturated rings. The predicted molar refractivity (Wildman–Crippen MR) is 123 cm³/mol. The van der Waals surface area contributed by atoms with E-state index in [4.69, 9.17) is 4.74 Å². The molecule has 1 aliphatic rings. The van der Waals surface area contributed by atoms with Crippen molar-refractivity contribution in [3.8, 4) is 5.75 Å². The SMILES string of the molecule is O=C1S/C(=C\c2ccc(OCc3ccccc3)cc2)C(=O)N1Cc1ccccc1Br. The zero-order valence-corrected chi connectivity index (χ0v) is 18.4. The number of halogens is 1. The van der Waals surface area contributed by atoms with Gasteiger partial charge in [-0.05, 0) is 52.7 Å². The van der Waals surface area contributed by atoms with E-state index in [1.807, 2.05) is 78.9 Å². The van der Waals surface area contributed by atoms with Gasteiger partial charge in [-0.25, -0.2) is 0 Å². The summed E-state index contributed by atoms with van der Waals surface area (Å²) in [6.07, 6.45) is 1.74. The summed E-state index contributed by atoms with van der Waals surface area (Å²) >= 11 is 4.43. The lowest BCUT2D eigenvalue weighted by Gasteiger charge is -2.13. The predicted octanol–water partition coefficient (Wildman–Crippen LogP) is 6.26. The molecule has 0 radical (unpaired) electrons. The Hall–Kier alpha value is -2.83. The third-order valence-corrected chi connectivity index (χ3v) is 6.27. The third kappa shape index (κ3) is 4.83. The van der Waals surface area contributed by atoms with E-state index in [-0.39, 0.29) is 17.7 Å². The first-order valence-corrected chi connectivity index (χ1v) is 11.0. The Morgan fingerprint density at radius 2 is 1.60 bits per heavy atom. The van der Waals surface area contributed by atoms with Crippen LogP contribution in [0.15, 0.2) is 88.2 Å². The van der Waals surface area contributed by atoms with E-state index in [1.165, 1.54) is 4.90 Å². The summed E-state index contributed by atoms with van der Waals surface area (Å²) < 4.78 is 6.66. The number of ether oxygens (including phenoxy) is 1. The van der Waals surface area contributed by atoms with Crippen molar-refractivity contribution in [3.05, 3.63) is 105 Å². The van der Waals surface area contributed by atoms with Crippen molar-refractivity contribution in [1.29, 1.82) is 0 Å². The molecule has 30 heavy (non-hydrogen) atoms. The molecular weight excluding hydrogens is 462 g/mol. The number of rotatable bonds is 6. The van der Waals surface area contributed by atoms with Crippen LogP contribution in [0.2, 0.25) is 0 Å². The Bertz CT molecular complexity index is 1100. The van der Waals surface area contributed by atoms with Gasteiger partial charge in [0.15, 0.2) is 0 Å². The molecular formula is C24H18BrNO3S. The fourth-order valence-corrected chi connectivity index (χ4v) is 4.23. The number of carbonyl (C=O) groups is 2. The Morgan fingerprint density at radius 3 is 2.33 bits per heavy atom. The van der Waals surface area contributed by atoms with Gasteiger partial charge in [0.1, 0.15) is 12.4 Å². The molecule has 0 saturated carbocycles. The van der Waals surface area contributed by atoms with E-state index in [2.05, 4.69) is 15.9 Å². The van der Waals surface area contributed by atoms with Gasteiger partial charge in [-0.3, -0.25) is 14.5 Å². The summed E-state index contributed by atoms with van der Waals surface area (Å²) in [4.78, 5) is 26.8. The Morgan fingerprint density at radius 1 is 0.900 bits per heavy atom. The molecule has 3 aromatic rings. The monoisotopic (exact) mass is 479 g/mol. The number of thioether (sulfide) groups is 1. The van der Waals surface area contributed by atoms with Crippen molar-refractivity contribution in [3.63, 3.8) is 0 Å². The van der Waals surface area contributed by atoms with E-state index in [9.17, 15) is 9.59 Å². The normalized spacial score (nSPS) is 15.1. The molecule has 0 bridgehead atoms. The van der Waals surface area contributed by atoms with E-state index < -0.39 is 0 Å². The largest absolute Gasteiger partial charge is 0.489 e. The van der Waals surface area contributed by atoms with Gasteiger partial charge in [0.25, 0.3) is 11.1 Å². The quantitative estimate of drug-likeness (QED) is 0.391. The average Bonchev–Trinajstić information content (AvgIpc) is 3.03. The van der Waals surface area contributed by atoms with Crippen molar-refractivity contribution >= 4 is 44.9 Å². The van der Waals surface area contributed by atoms with E-state index in [0.29, 0.717) is 11.5 Å². The first-order valence-electron chi connectivity index (χ1n) is 9.36. The van der Waals surface area contributed by atoms with Crippen LogP contribution in [0.1, 0.15) is 16.7 Å². The molecule has 1 heterocycles. The molecule has 1 aliphatic heterocycles. The Kier molecular flexibility index (Phi) is 6.35. The van der Waals surface area contributed by atoms with E-state index in [1.54, 1.807) is 6.08 Å². The van der Waals surface area contributed by atoms with Gasteiger partial charge in [-0.2, -0.15) is 0 Å². The maximum Gasteiger partial charge on any atom is 0.293 e. The highest BCUT2D eigenvalue weighted by atomic mass is 79.9. The number of nitrogens with zero attached hydrogens (tertiary/aromatic N) is 1. The fourth-order valence-electron chi connectivity index (χ4n) is 2.99. The molecule has 0 unspecified atom stereocenters. The van der Waals surface area contributed by atoms with Gasteiger partial charge in [0.2, 0.25) is 0 Å². The molecule has 0 spiro atoms. The van der Waals surface area contributed by atoms with Gasteiger partial charge in [0, 0.05) is 4.47 Å². The van der Waals surface area contributed by atoms with Crippen LogP contribution in [0.4, 0.5) is 4.79 Å². The molecule has 4 nitrogen and oxygen atoms in total. The smallest absolute Gasteiger partial charge is 0.293 e. The molecule has 4 rings (SSSR count). The van der Waals surface area contributed by atoms with Gasteiger partial charge in [0.05, 0.1) is 11.4 Å². The number of carbonyl (C=O) groups excluding carboxylic acids is 2. The van der Waals surface area contributed by atoms with Crippen molar-refractivity contribution in [2.24, 2.45) is 0 Å². The third-order valence-electron chi connectivity index (χ3n) is 4.59. The van der Waals surface area contributed by atoms with Gasteiger partial charge >= 0.3 is 0 Å². The topological polar surface area (TPSA) is 46.6 Å². The summed E-state index contributed by atoms with van der Waals surface area (Å²) in [5.74, 6) is 0.475. The molecule has 6 heteroatoms. The van der Waals surface area contributed by atoms with Crippen molar-refractivity contribution < 1.29 is 14.3 Å². The first-order chi connectivity index (χ1) is 14.6. The highest BCUT2D eigenvalue weighted by Gasteiger charge is 2.35. The Balaban J connectivity index is 1.42. The summed E-state index contributed by atoms with van der Waals surface area (Å²) in [5.41, 5.74) is 2.83. The van der Waals surface area contributed by atoms with Gasteiger partial charge < -0.3 is 4.74 Å². The van der Waals surface area contributed by atoms with Crippen LogP contribution >= 0.6 is 27.7 Å². The van der Waals surface area contributed by atoms with Gasteiger partial charge in [-0.1, -0.05) is 76.6 Å². The first kappa shape index (κ1) is 20.4. The maximum absolute atomic E-state index is 12.7. The molecule has 0 aliphatic carbocycles. The average molecular weight is 480 g/mol. The molecule has 1 saturated heterocycles. The van der Waals surface area contributed by atoms with Crippen LogP contribution in [0, 0.1) is 0 Å². The second-order valence-electron chi connectivity index (χ2n) is 6.70. The van der Waals surface area contributed by atoms with Crippen LogP contribution in [0.3, 0.4) is 0 Å². The number of amides is 2. The second-order valence-corrected chi connectivity index (χ2v) is 8.55. The maximum atomic E-state index is 12.7. The molecule has 0 aromatic heterocycles. The zero-order valence-electron chi connectivity index (χ0n) is 16.0. The highest BCUT2D eigenvalue weighted by Crippen LogP contribution is 2.34. The van der Waals surface area contributed by atoms with E-state index in [0.717, 1.165) is 38.7 Å². The summed E-state index contributed by atoms with van der Waals surface area (Å²) in [7, 11) is 0. The highest BCUT2D eigenvalue weighted by molar-refractivity contribution is 9.10. The summed E-state index contributed by atoms with van der Waals surface area (Å²) in [6.45, 7) is 0.740. The minimum Gasteiger partial charge on any atom is -0.489 e. The summed E-state index contributed by atoms with van der Waals surface area (Å²) in [5, 5.41) is -0.259. The molecule has 3 aromatic carbocycles. The van der Waals surface area contributed by atoms with Crippen LogP contribution in [-0.2, 0) is 17.9 Å². The molecule has 0 N–H and O–H groups in total. The molecule has 150 valence electrons. The lowest BCUT2D eigenvalue weighted by atomic mass is 10.2. The number of hydrogen-bond donors (Lipinski definition) is 0. The van der Waals surface area contributed by atoms with Crippen molar-refractivity contribution in [2.45, 2.75) is 13.2 Å². The zero-order chi connectivity index (χ0) is 20.9. The van der Waals surface area contributed by atoms with Crippen LogP contribution in [-0.4, -0.2) is 16.0 Å². The second kappa shape index (κ2) is 9.32. The van der Waals surface area contributed by atoms with E-state index >= 15 is 0 Å². The summed E-state index contributed by atoms with van der Waals surface area (Å²) in [6, 6.07) is 25.0. The molecule has 2 amide bonds. The minimum absolute atomic E-state index is 0.246. The fraction of sp³-hybridized carbons (Fsp3) is 0.0833. The van der Waals surface area contributed by atoms with Crippen LogP contribution in [0.25, 0.3) is 6.08 Å². The minimum atomic E-state index is -0.273. The van der Waals surface area contributed by atoms with Crippen LogP contribution in [0.5, 0.6) is 5.75 Å². The van der Waals surface area contributed by atoms with Crippen molar-refractivity contribution in [2.75, 3.05) is 0 Å². The number of imide groups is 1. The lowest BCUT2D eigenvalue weighted by molar-refractivity contribution is -0.123. The van der Waals surface area contributed by atoms with Crippen molar-refractivity contribution in [1.82, 2.24) is 4.90 Å². The lowest BCUT2D eigenvalue weighted by Crippen LogP contribution is -2.27. The Labute approximate surface area is 187 Å². The standard InChI is InChI=1S/C24H18BrNO3S/c25-21-9-5-4-8-19(21)15-26-23(27)22(30-24(26)28)14-17-10-12-20(13-11-17)29-16-18-6-2-1-3-7-18/h1-14H,15-16H2/b22-14-. The van der Waals surface area contributed by atoms with Crippen LogP contribution < -0.4 is 4.74 Å². The molecule has 0 atom stereocenters.